The van der Waals surface area contributed by atoms with E-state index in [4.69, 9.17) is 14.2 Å². The van der Waals surface area contributed by atoms with E-state index >= 15 is 0 Å². The second-order valence-electron chi connectivity index (χ2n) is 8.37. The monoisotopic (exact) mass is 471 g/mol. The Morgan fingerprint density at radius 2 is 1.74 bits per heavy atom. The number of carbonyl (C=O) groups excluding carboxylic acids is 2. The first kappa shape index (κ1) is 22.5. The zero-order valence-electron chi connectivity index (χ0n) is 19.5. The first-order valence-corrected chi connectivity index (χ1v) is 11.5. The lowest BCUT2D eigenvalue weighted by Gasteiger charge is -2.26. The van der Waals surface area contributed by atoms with E-state index in [9.17, 15) is 14.7 Å². The zero-order chi connectivity index (χ0) is 24.5. The molecule has 35 heavy (non-hydrogen) atoms. The Hall–Kier alpha value is -4.26. The highest BCUT2D eigenvalue weighted by Gasteiger charge is 2.47. The predicted molar refractivity (Wildman–Crippen MR) is 131 cm³/mol. The number of fused-ring (bicyclic) bond motifs is 1. The summed E-state index contributed by atoms with van der Waals surface area (Å²) in [6.07, 6.45) is 0. The van der Waals surface area contributed by atoms with Crippen molar-refractivity contribution in [2.75, 3.05) is 24.7 Å². The highest BCUT2D eigenvalue weighted by molar-refractivity contribution is 6.51. The molecular weight excluding hydrogens is 446 g/mol. The summed E-state index contributed by atoms with van der Waals surface area (Å²) in [5, 5.41) is 11.4. The van der Waals surface area contributed by atoms with Crippen molar-refractivity contribution in [2.45, 2.75) is 19.9 Å². The van der Waals surface area contributed by atoms with Crippen molar-refractivity contribution < 1.29 is 28.9 Å². The topological polar surface area (TPSA) is 85.3 Å². The van der Waals surface area contributed by atoms with Gasteiger partial charge < -0.3 is 19.3 Å². The molecular formula is C28H25NO6. The molecule has 7 heteroatoms. The summed E-state index contributed by atoms with van der Waals surface area (Å²) in [6.45, 7) is 5.18. The van der Waals surface area contributed by atoms with Crippen LogP contribution in [0.3, 0.4) is 0 Å². The SMILES string of the molecule is CCOc1ccc(N2C(=O)C(=O)/C(=C(\O)c3ccc4c(c3)OCCO4)C2c2cccc(C)c2)cc1. The lowest BCUT2D eigenvalue weighted by Crippen LogP contribution is -2.29. The molecule has 1 amide bonds. The molecule has 2 aliphatic rings. The Bertz CT molecular complexity index is 1330. The van der Waals surface area contributed by atoms with E-state index in [2.05, 4.69) is 0 Å². The van der Waals surface area contributed by atoms with Crippen molar-refractivity contribution in [3.05, 3.63) is 89.0 Å². The summed E-state index contributed by atoms with van der Waals surface area (Å²) in [5.41, 5.74) is 2.61. The molecule has 2 aliphatic heterocycles. The number of aliphatic hydroxyl groups is 1. The number of hydrogen-bond donors (Lipinski definition) is 1. The van der Waals surface area contributed by atoms with Gasteiger partial charge in [-0.3, -0.25) is 14.5 Å². The summed E-state index contributed by atoms with van der Waals surface area (Å²) >= 11 is 0. The third-order valence-electron chi connectivity index (χ3n) is 6.04. The molecule has 1 fully saturated rings. The number of carbonyl (C=O) groups is 2. The van der Waals surface area contributed by atoms with Crippen LogP contribution < -0.4 is 19.1 Å². The van der Waals surface area contributed by atoms with Crippen molar-refractivity contribution in [3.8, 4) is 17.2 Å². The van der Waals surface area contributed by atoms with Gasteiger partial charge in [-0.1, -0.05) is 29.8 Å². The lowest BCUT2D eigenvalue weighted by molar-refractivity contribution is -0.132. The zero-order valence-corrected chi connectivity index (χ0v) is 19.5. The Morgan fingerprint density at radius 1 is 1.00 bits per heavy atom. The molecule has 3 aromatic rings. The number of Topliss-reactive ketones (excluding diaryl/α,β-unsaturated/α-hetero) is 1. The highest BCUT2D eigenvalue weighted by Crippen LogP contribution is 2.43. The second-order valence-corrected chi connectivity index (χ2v) is 8.37. The maximum absolute atomic E-state index is 13.3. The maximum atomic E-state index is 13.3. The Morgan fingerprint density at radius 3 is 2.46 bits per heavy atom. The van der Waals surface area contributed by atoms with Crippen LogP contribution in [0.1, 0.15) is 29.7 Å². The number of anilines is 1. The molecule has 0 aliphatic carbocycles. The summed E-state index contributed by atoms with van der Waals surface area (Å²) in [6, 6.07) is 18.7. The van der Waals surface area contributed by atoms with Crippen LogP contribution >= 0.6 is 0 Å². The molecule has 1 atom stereocenters. The number of ketones is 1. The minimum absolute atomic E-state index is 0.0196. The number of nitrogens with zero attached hydrogens (tertiary/aromatic N) is 1. The number of aryl methyl sites for hydroxylation is 1. The third kappa shape index (κ3) is 4.10. The first-order valence-electron chi connectivity index (χ1n) is 11.5. The van der Waals surface area contributed by atoms with Crippen LogP contribution in [0.2, 0.25) is 0 Å². The normalized spacial score (nSPS) is 18.6. The van der Waals surface area contributed by atoms with Gasteiger partial charge in [0.2, 0.25) is 0 Å². The number of aliphatic hydroxyl groups excluding tert-OH is 1. The van der Waals surface area contributed by atoms with Gasteiger partial charge in [0.05, 0.1) is 18.2 Å². The number of benzene rings is 3. The van der Waals surface area contributed by atoms with Crippen LogP contribution in [0.4, 0.5) is 5.69 Å². The lowest BCUT2D eigenvalue weighted by atomic mass is 9.94. The fraction of sp³-hybridized carbons (Fsp3) is 0.214. The van der Waals surface area contributed by atoms with E-state index < -0.39 is 17.7 Å². The number of amides is 1. The number of hydrogen-bond acceptors (Lipinski definition) is 6. The standard InChI is InChI=1S/C28H25NO6/c1-3-33-21-10-8-20(9-11-21)29-25(18-6-4-5-17(2)15-18)24(27(31)28(29)32)26(30)19-7-12-22-23(16-19)35-14-13-34-22/h4-12,15-16,25,30H,3,13-14H2,1-2H3/b26-24-. The summed E-state index contributed by atoms with van der Waals surface area (Å²) in [7, 11) is 0. The van der Waals surface area contributed by atoms with E-state index in [1.165, 1.54) is 4.90 Å². The molecule has 7 nitrogen and oxygen atoms in total. The van der Waals surface area contributed by atoms with Gasteiger partial charge in [0, 0.05) is 11.3 Å². The van der Waals surface area contributed by atoms with E-state index in [1.54, 1.807) is 42.5 Å². The van der Waals surface area contributed by atoms with Gasteiger partial charge in [0.1, 0.15) is 24.7 Å². The van der Waals surface area contributed by atoms with E-state index in [-0.39, 0.29) is 11.3 Å². The Kier molecular flexibility index (Phi) is 5.91. The average molecular weight is 472 g/mol. The molecule has 0 saturated carbocycles. The molecule has 0 bridgehead atoms. The fourth-order valence-electron chi connectivity index (χ4n) is 4.47. The van der Waals surface area contributed by atoms with Crippen LogP contribution in [-0.4, -0.2) is 36.6 Å². The molecule has 0 radical (unpaired) electrons. The van der Waals surface area contributed by atoms with Gasteiger partial charge in [0.25, 0.3) is 11.7 Å². The minimum Gasteiger partial charge on any atom is -0.507 e. The largest absolute Gasteiger partial charge is 0.507 e. The Balaban J connectivity index is 1.66. The van der Waals surface area contributed by atoms with Gasteiger partial charge >= 0.3 is 0 Å². The minimum atomic E-state index is -0.805. The van der Waals surface area contributed by atoms with Crippen molar-refractivity contribution in [3.63, 3.8) is 0 Å². The van der Waals surface area contributed by atoms with E-state index in [0.29, 0.717) is 48.3 Å². The van der Waals surface area contributed by atoms with Crippen molar-refractivity contribution in [2.24, 2.45) is 0 Å². The molecule has 0 spiro atoms. The van der Waals surface area contributed by atoms with Gasteiger partial charge in [-0.05, 0) is 61.9 Å². The van der Waals surface area contributed by atoms with Crippen molar-refractivity contribution in [1.29, 1.82) is 0 Å². The predicted octanol–water partition coefficient (Wildman–Crippen LogP) is 4.79. The van der Waals surface area contributed by atoms with Crippen LogP contribution in [0.5, 0.6) is 17.2 Å². The first-order chi connectivity index (χ1) is 17.0. The van der Waals surface area contributed by atoms with Crippen LogP contribution in [0, 0.1) is 6.92 Å². The summed E-state index contributed by atoms with van der Waals surface area (Å²) in [4.78, 5) is 28.1. The molecule has 1 unspecified atom stereocenters. The molecule has 3 aromatic carbocycles. The van der Waals surface area contributed by atoms with Gasteiger partial charge in [-0.25, -0.2) is 0 Å². The smallest absolute Gasteiger partial charge is 0.300 e. The average Bonchev–Trinajstić information content (AvgIpc) is 3.14. The molecule has 1 N–H and O–H groups in total. The molecule has 178 valence electrons. The third-order valence-corrected chi connectivity index (χ3v) is 6.04. The number of ether oxygens (including phenoxy) is 3. The van der Waals surface area contributed by atoms with Crippen molar-refractivity contribution in [1.82, 2.24) is 0 Å². The molecule has 1 saturated heterocycles. The maximum Gasteiger partial charge on any atom is 0.300 e. The van der Waals surface area contributed by atoms with Crippen LogP contribution in [-0.2, 0) is 9.59 Å². The summed E-state index contributed by atoms with van der Waals surface area (Å²) < 4.78 is 16.7. The van der Waals surface area contributed by atoms with Gasteiger partial charge in [-0.2, -0.15) is 0 Å². The van der Waals surface area contributed by atoms with Gasteiger partial charge in [-0.15, -0.1) is 0 Å². The summed E-state index contributed by atoms with van der Waals surface area (Å²) in [5.74, 6) is -0.0138. The van der Waals surface area contributed by atoms with E-state index in [0.717, 1.165) is 11.1 Å². The quantitative estimate of drug-likeness (QED) is 0.327. The fourth-order valence-corrected chi connectivity index (χ4v) is 4.47. The number of rotatable bonds is 5. The molecule has 5 rings (SSSR count). The second kappa shape index (κ2) is 9.18. The molecule has 0 aromatic heterocycles. The van der Waals surface area contributed by atoms with Crippen molar-refractivity contribution >= 4 is 23.1 Å². The molecule has 2 heterocycles. The van der Waals surface area contributed by atoms with Crippen LogP contribution in [0.25, 0.3) is 5.76 Å². The van der Waals surface area contributed by atoms with Crippen LogP contribution in [0.15, 0.2) is 72.3 Å². The van der Waals surface area contributed by atoms with Gasteiger partial charge in [0.15, 0.2) is 11.5 Å². The van der Waals surface area contributed by atoms with E-state index in [1.807, 2.05) is 38.1 Å². The highest BCUT2D eigenvalue weighted by atomic mass is 16.6. The Labute approximate surface area is 203 Å².